The molecule has 0 aromatic heterocycles. The Morgan fingerprint density at radius 1 is 1.06 bits per heavy atom. The van der Waals surface area contributed by atoms with E-state index in [0.717, 1.165) is 5.56 Å². The number of aliphatic carboxylic acids is 1. The molecule has 0 aliphatic carbocycles. The van der Waals surface area contributed by atoms with Crippen LogP contribution in [0.4, 0.5) is 0 Å². The van der Waals surface area contributed by atoms with Crippen LogP contribution in [0.15, 0.2) is 53.5 Å². The molecule has 1 aliphatic rings. The smallest absolute Gasteiger partial charge is 0.320 e. The number of fused-ring (bicyclic) bond motifs is 1. The number of ether oxygens (including phenoxy) is 2. The number of carboxylic acid groups (broad SMARTS) is 1. The number of nitrogens with zero attached hydrogens (tertiary/aromatic N) is 2. The summed E-state index contributed by atoms with van der Waals surface area (Å²) in [5.74, 6) is -3.63. The molecule has 0 saturated heterocycles. The molecule has 8 nitrogen and oxygen atoms in total. The lowest BCUT2D eigenvalue weighted by Gasteiger charge is -2.39. The van der Waals surface area contributed by atoms with Gasteiger partial charge < -0.3 is 14.6 Å². The zero-order chi connectivity index (χ0) is 25.6. The minimum absolute atomic E-state index is 0.201. The normalized spacial score (nSPS) is 14.5. The highest BCUT2D eigenvalue weighted by atomic mass is 16.7. The number of esters is 1. The maximum absolute atomic E-state index is 12.5. The first-order valence-corrected chi connectivity index (χ1v) is 11.7. The largest absolute Gasteiger partial charge is 0.481 e. The van der Waals surface area contributed by atoms with Crippen molar-refractivity contribution in [1.29, 1.82) is 0 Å². The van der Waals surface area contributed by atoms with Crippen LogP contribution >= 0.6 is 0 Å². The highest BCUT2D eigenvalue weighted by Crippen LogP contribution is 2.28. The van der Waals surface area contributed by atoms with Crippen molar-refractivity contribution in [2.24, 2.45) is 4.99 Å². The number of rotatable bonds is 11. The van der Waals surface area contributed by atoms with Crippen molar-refractivity contribution >= 4 is 23.9 Å². The van der Waals surface area contributed by atoms with E-state index in [4.69, 9.17) is 14.6 Å². The first kappa shape index (κ1) is 26.1. The molecule has 1 heterocycles. The van der Waals surface area contributed by atoms with Gasteiger partial charge >= 0.3 is 11.9 Å². The molecule has 2 aromatic rings. The molecule has 1 aliphatic heterocycles. The Kier molecular flexibility index (Phi) is 8.07. The third-order valence-electron chi connectivity index (χ3n) is 5.90. The van der Waals surface area contributed by atoms with Gasteiger partial charge in [-0.1, -0.05) is 43.3 Å². The van der Waals surface area contributed by atoms with E-state index in [-0.39, 0.29) is 24.3 Å². The molecule has 0 radical (unpaired) electrons. The van der Waals surface area contributed by atoms with Crippen molar-refractivity contribution in [3.05, 3.63) is 64.7 Å². The highest BCUT2D eigenvalue weighted by molar-refractivity contribution is 6.06. The molecule has 0 saturated carbocycles. The Balaban J connectivity index is 1.92. The Morgan fingerprint density at radius 2 is 1.77 bits per heavy atom. The van der Waals surface area contributed by atoms with Crippen molar-refractivity contribution in [2.45, 2.75) is 64.8 Å². The van der Waals surface area contributed by atoms with Crippen LogP contribution in [0.5, 0.6) is 5.75 Å². The molecule has 0 spiro atoms. The zero-order valence-electron chi connectivity index (χ0n) is 20.6. The van der Waals surface area contributed by atoms with Gasteiger partial charge in [0.05, 0.1) is 5.36 Å². The van der Waals surface area contributed by atoms with Gasteiger partial charge in [0.25, 0.3) is 11.7 Å². The molecule has 3 rings (SSSR count). The Bertz CT molecular complexity index is 1200. The number of hydrogen-bond acceptors (Lipinski definition) is 6. The maximum atomic E-state index is 12.5. The molecule has 35 heavy (non-hydrogen) atoms. The van der Waals surface area contributed by atoms with Crippen molar-refractivity contribution in [1.82, 2.24) is 4.90 Å². The number of amides is 1. The average Bonchev–Trinajstić information content (AvgIpc) is 3.17. The van der Waals surface area contributed by atoms with E-state index in [1.165, 1.54) is 6.08 Å². The summed E-state index contributed by atoms with van der Waals surface area (Å²) < 4.78 is 12.0. The second-order valence-corrected chi connectivity index (χ2v) is 9.52. The lowest BCUT2D eigenvalue weighted by atomic mass is 10.0. The molecule has 1 N–H and O–H groups in total. The van der Waals surface area contributed by atoms with Crippen LogP contribution in [0.2, 0.25) is 0 Å². The molecule has 1 atom stereocenters. The van der Waals surface area contributed by atoms with Gasteiger partial charge in [0.15, 0.2) is 0 Å². The molecule has 0 bridgehead atoms. The van der Waals surface area contributed by atoms with Crippen LogP contribution < -0.4 is 15.3 Å². The van der Waals surface area contributed by atoms with Crippen molar-refractivity contribution < 1.29 is 29.0 Å². The summed E-state index contributed by atoms with van der Waals surface area (Å²) in [6, 6.07) is 15.1. The maximum Gasteiger partial charge on any atom is 0.320 e. The summed E-state index contributed by atoms with van der Waals surface area (Å²) in [5, 5.41) is 10.1. The fraction of sp³-hybridized carbons (Fsp3) is 0.407. The third-order valence-corrected chi connectivity index (χ3v) is 5.90. The second-order valence-electron chi connectivity index (χ2n) is 9.52. The number of carbonyl (C=O) groups excluding carboxylic acids is 2. The minimum atomic E-state index is -1.43. The topological polar surface area (TPSA) is 106 Å². The van der Waals surface area contributed by atoms with E-state index in [1.807, 2.05) is 25.1 Å². The van der Waals surface area contributed by atoms with Crippen molar-refractivity contribution in [2.75, 3.05) is 6.54 Å². The first-order valence-electron chi connectivity index (χ1n) is 11.7. The average molecular weight is 481 g/mol. The van der Waals surface area contributed by atoms with E-state index in [9.17, 15) is 14.4 Å². The number of benzene rings is 2. The summed E-state index contributed by atoms with van der Waals surface area (Å²) in [7, 11) is 0. The van der Waals surface area contributed by atoms with E-state index in [2.05, 4.69) is 42.8 Å². The van der Waals surface area contributed by atoms with Gasteiger partial charge in [-0.3, -0.25) is 19.3 Å². The van der Waals surface area contributed by atoms with E-state index in [0.29, 0.717) is 29.4 Å². The summed E-state index contributed by atoms with van der Waals surface area (Å²) >= 11 is 0. The molecule has 1 amide bonds. The van der Waals surface area contributed by atoms with Crippen molar-refractivity contribution in [3.63, 3.8) is 0 Å². The van der Waals surface area contributed by atoms with Crippen molar-refractivity contribution in [3.8, 4) is 5.75 Å². The van der Waals surface area contributed by atoms with E-state index >= 15 is 0 Å². The molecule has 186 valence electrons. The minimum Gasteiger partial charge on any atom is -0.481 e. The van der Waals surface area contributed by atoms with Crippen LogP contribution in [0.25, 0.3) is 6.08 Å². The third kappa shape index (κ3) is 6.99. The van der Waals surface area contributed by atoms with Crippen LogP contribution in [0.3, 0.4) is 0 Å². The van der Waals surface area contributed by atoms with Crippen LogP contribution in [0, 0.1) is 0 Å². The Morgan fingerprint density at radius 3 is 2.40 bits per heavy atom. The van der Waals surface area contributed by atoms with E-state index in [1.54, 1.807) is 18.2 Å². The molecule has 8 heteroatoms. The van der Waals surface area contributed by atoms with Gasteiger partial charge in [0, 0.05) is 42.8 Å². The van der Waals surface area contributed by atoms with Crippen LogP contribution in [-0.2, 0) is 25.7 Å². The second kappa shape index (κ2) is 10.8. The van der Waals surface area contributed by atoms with Gasteiger partial charge in [-0.15, -0.1) is 0 Å². The van der Waals surface area contributed by atoms with Gasteiger partial charge in [-0.2, -0.15) is 0 Å². The van der Waals surface area contributed by atoms with Gasteiger partial charge in [0.2, 0.25) is 0 Å². The summed E-state index contributed by atoms with van der Waals surface area (Å²) in [6.07, 6.45) is 1.16. The Labute approximate surface area is 204 Å². The highest BCUT2D eigenvalue weighted by Gasteiger charge is 2.38. The van der Waals surface area contributed by atoms with Gasteiger partial charge in [-0.25, -0.2) is 4.99 Å². The van der Waals surface area contributed by atoms with E-state index < -0.39 is 24.1 Å². The predicted octanol–water partition coefficient (Wildman–Crippen LogP) is 2.82. The molecule has 0 fully saturated rings. The number of hydrogen-bond donors (Lipinski definition) is 1. The Hall–Kier alpha value is -3.52. The monoisotopic (exact) mass is 480 g/mol. The van der Waals surface area contributed by atoms with Crippen LogP contribution in [0.1, 0.15) is 52.5 Å². The fourth-order valence-corrected chi connectivity index (χ4v) is 3.91. The van der Waals surface area contributed by atoms with Crippen LogP contribution in [-0.4, -0.2) is 45.7 Å². The summed E-state index contributed by atoms with van der Waals surface area (Å²) in [5.41, 5.74) is 0.942. The zero-order valence-corrected chi connectivity index (χ0v) is 20.6. The predicted molar refractivity (Wildman–Crippen MR) is 130 cm³/mol. The summed E-state index contributed by atoms with van der Waals surface area (Å²) in [4.78, 5) is 41.6. The van der Waals surface area contributed by atoms with Gasteiger partial charge in [0.1, 0.15) is 12.2 Å². The molecular weight excluding hydrogens is 448 g/mol. The fourth-order valence-electron chi connectivity index (χ4n) is 3.91. The number of carboxylic acids is 1. The first-order chi connectivity index (χ1) is 16.5. The molecule has 1 unspecified atom stereocenters. The summed E-state index contributed by atoms with van der Waals surface area (Å²) in [6.45, 7) is 9.31. The van der Waals surface area contributed by atoms with Gasteiger partial charge in [-0.05, 0) is 38.5 Å². The SMILES string of the molecule is CCC(CCN(Cc1ccccc1)C(C)(C)C)(OC(=O)CC(=O)O)Oc1cccc2c1=CC(=O)N=2. The standard InChI is InChI=1S/C27H32N2O6/c1-5-27(35-25(33)17-24(31)32,34-22-13-9-12-21-20(22)16-23(30)28-21)14-15-29(26(2,3)4)18-19-10-7-6-8-11-19/h6-13,16H,5,14-15,17-18H2,1-4H3,(H,31,32). The lowest BCUT2D eigenvalue weighted by molar-refractivity contribution is -0.204. The lowest BCUT2D eigenvalue weighted by Crippen LogP contribution is -2.48. The molecular formula is C27H32N2O6. The number of carbonyl (C=O) groups is 3. The quantitative estimate of drug-likeness (QED) is 0.299. The molecule has 2 aromatic carbocycles.